The van der Waals surface area contributed by atoms with E-state index in [-0.39, 0.29) is 30.2 Å². The molecule has 0 atom stereocenters. The number of rotatable bonds is 5. The summed E-state index contributed by atoms with van der Waals surface area (Å²) >= 11 is 0. The zero-order chi connectivity index (χ0) is 15.2. The molecule has 2 saturated carbocycles. The standard InChI is InChI=1S/C17H27O4/c1-12(19)15-6-8-16(9-7-15)17(20)21-11-14-4-2-13(10-18)3-5-14/h13-16H,2-11H2,1H3/q-1. The van der Waals surface area contributed by atoms with Crippen LogP contribution < -0.4 is 5.11 Å². The van der Waals surface area contributed by atoms with Gasteiger partial charge < -0.3 is 9.84 Å². The van der Waals surface area contributed by atoms with Crippen LogP contribution in [0.5, 0.6) is 0 Å². The van der Waals surface area contributed by atoms with E-state index in [9.17, 15) is 14.7 Å². The lowest BCUT2D eigenvalue weighted by atomic mass is 9.80. The minimum absolute atomic E-state index is 0.0152. The largest absolute Gasteiger partial charge is 0.854 e. The summed E-state index contributed by atoms with van der Waals surface area (Å²) in [7, 11) is 0. The highest BCUT2D eigenvalue weighted by atomic mass is 16.5. The van der Waals surface area contributed by atoms with Crippen molar-refractivity contribution in [3.05, 3.63) is 0 Å². The molecule has 0 aromatic heterocycles. The highest BCUT2D eigenvalue weighted by Crippen LogP contribution is 2.31. The summed E-state index contributed by atoms with van der Waals surface area (Å²) < 4.78 is 5.48. The molecule has 0 aliphatic heterocycles. The maximum Gasteiger partial charge on any atom is 0.308 e. The van der Waals surface area contributed by atoms with Gasteiger partial charge >= 0.3 is 5.97 Å². The van der Waals surface area contributed by atoms with E-state index in [1.54, 1.807) is 6.92 Å². The Hall–Kier alpha value is -0.900. The molecule has 0 spiro atoms. The summed E-state index contributed by atoms with van der Waals surface area (Å²) in [5.41, 5.74) is 0. The first-order valence-electron chi connectivity index (χ1n) is 8.35. The highest BCUT2D eigenvalue weighted by molar-refractivity contribution is 5.79. The van der Waals surface area contributed by atoms with Gasteiger partial charge in [0.2, 0.25) is 0 Å². The molecule has 2 aliphatic rings. The summed E-state index contributed by atoms with van der Waals surface area (Å²) in [5, 5.41) is 10.8. The molecule has 0 radical (unpaired) electrons. The first-order valence-corrected chi connectivity index (χ1v) is 8.35. The number of hydrogen-bond acceptors (Lipinski definition) is 4. The Balaban J connectivity index is 1.65. The quantitative estimate of drug-likeness (QED) is 0.728. The molecule has 0 amide bonds. The first kappa shape index (κ1) is 16.5. The average molecular weight is 295 g/mol. The van der Waals surface area contributed by atoms with Crippen molar-refractivity contribution in [3.63, 3.8) is 0 Å². The summed E-state index contributed by atoms with van der Waals surface area (Å²) in [5.74, 6) is 1.07. The van der Waals surface area contributed by atoms with Crippen molar-refractivity contribution in [2.24, 2.45) is 23.7 Å². The molecule has 21 heavy (non-hydrogen) atoms. The summed E-state index contributed by atoms with van der Waals surface area (Å²) in [6.45, 7) is 2.19. The number of ketones is 1. The van der Waals surface area contributed by atoms with E-state index in [1.807, 2.05) is 0 Å². The van der Waals surface area contributed by atoms with Crippen LogP contribution >= 0.6 is 0 Å². The van der Waals surface area contributed by atoms with Gasteiger partial charge in [0.05, 0.1) is 12.5 Å². The van der Waals surface area contributed by atoms with Gasteiger partial charge in [-0.15, -0.1) is 6.61 Å². The minimum Gasteiger partial charge on any atom is -0.854 e. The van der Waals surface area contributed by atoms with Crippen molar-refractivity contribution in [3.8, 4) is 0 Å². The Bertz CT molecular complexity index is 350. The number of carbonyl (C=O) groups is 2. The molecule has 0 heterocycles. The normalized spacial score (nSPS) is 33.4. The summed E-state index contributed by atoms with van der Waals surface area (Å²) in [4.78, 5) is 23.4. The van der Waals surface area contributed by atoms with Gasteiger partial charge in [0.25, 0.3) is 0 Å². The van der Waals surface area contributed by atoms with Gasteiger partial charge in [-0.05, 0) is 51.4 Å². The Labute approximate surface area is 127 Å². The second-order valence-electron chi connectivity index (χ2n) is 6.84. The predicted octanol–water partition coefficient (Wildman–Crippen LogP) is 2.09. The fourth-order valence-corrected chi connectivity index (χ4v) is 3.62. The third-order valence-corrected chi connectivity index (χ3v) is 5.30. The lowest BCUT2D eigenvalue weighted by Crippen LogP contribution is -2.29. The molecule has 120 valence electrons. The maximum atomic E-state index is 12.1. The second kappa shape index (κ2) is 7.92. The zero-order valence-corrected chi connectivity index (χ0v) is 13.0. The van der Waals surface area contributed by atoms with Crippen LogP contribution in [0.1, 0.15) is 58.3 Å². The molecule has 2 fully saturated rings. The number of esters is 1. The third kappa shape index (κ3) is 4.80. The Morgan fingerprint density at radius 3 is 1.95 bits per heavy atom. The number of Topliss-reactive ketones (excluding diaryl/α,β-unsaturated/α-hetero) is 1. The van der Waals surface area contributed by atoms with Crippen LogP contribution in [0.4, 0.5) is 0 Å². The van der Waals surface area contributed by atoms with Crippen LogP contribution in [0, 0.1) is 23.7 Å². The summed E-state index contributed by atoms with van der Waals surface area (Å²) in [6.07, 6.45) is 7.20. The van der Waals surface area contributed by atoms with Crippen molar-refractivity contribution < 1.29 is 19.4 Å². The molecule has 0 aromatic carbocycles. The highest BCUT2D eigenvalue weighted by Gasteiger charge is 2.30. The Morgan fingerprint density at radius 2 is 1.43 bits per heavy atom. The summed E-state index contributed by atoms with van der Waals surface area (Å²) in [6, 6.07) is 0. The lowest BCUT2D eigenvalue weighted by molar-refractivity contribution is -0.380. The van der Waals surface area contributed by atoms with E-state index in [4.69, 9.17) is 4.74 Å². The number of ether oxygens (including phenoxy) is 1. The van der Waals surface area contributed by atoms with Crippen molar-refractivity contribution >= 4 is 11.8 Å². The molecular weight excluding hydrogens is 268 g/mol. The molecule has 2 aliphatic carbocycles. The Morgan fingerprint density at radius 1 is 0.905 bits per heavy atom. The molecule has 2 rings (SSSR count). The monoisotopic (exact) mass is 295 g/mol. The van der Waals surface area contributed by atoms with E-state index in [2.05, 4.69) is 0 Å². The fourth-order valence-electron chi connectivity index (χ4n) is 3.62. The van der Waals surface area contributed by atoms with E-state index < -0.39 is 0 Å². The van der Waals surface area contributed by atoms with Crippen LogP contribution in [0.2, 0.25) is 0 Å². The predicted molar refractivity (Wildman–Crippen MR) is 77.4 cm³/mol. The van der Waals surface area contributed by atoms with Crippen molar-refractivity contribution in [2.45, 2.75) is 58.3 Å². The second-order valence-corrected chi connectivity index (χ2v) is 6.84. The van der Waals surface area contributed by atoms with Crippen molar-refractivity contribution in [1.82, 2.24) is 0 Å². The van der Waals surface area contributed by atoms with E-state index in [0.717, 1.165) is 51.4 Å². The molecule has 0 unspecified atom stereocenters. The molecule has 0 N–H and O–H groups in total. The fraction of sp³-hybridized carbons (Fsp3) is 0.882. The molecule has 0 bridgehead atoms. The van der Waals surface area contributed by atoms with Crippen LogP contribution in [0.3, 0.4) is 0 Å². The minimum atomic E-state index is -0.0806. The number of carbonyl (C=O) groups excluding carboxylic acids is 2. The topological polar surface area (TPSA) is 66.4 Å². The van der Waals surface area contributed by atoms with Crippen LogP contribution in [0.15, 0.2) is 0 Å². The zero-order valence-electron chi connectivity index (χ0n) is 13.0. The molecule has 0 saturated heterocycles. The van der Waals surface area contributed by atoms with Gasteiger partial charge in [0, 0.05) is 5.92 Å². The van der Waals surface area contributed by atoms with Gasteiger partial charge in [-0.2, -0.15) is 0 Å². The van der Waals surface area contributed by atoms with Crippen LogP contribution in [-0.2, 0) is 14.3 Å². The Kier molecular flexibility index (Phi) is 6.22. The van der Waals surface area contributed by atoms with E-state index in [0.29, 0.717) is 18.4 Å². The lowest BCUT2D eigenvalue weighted by Gasteiger charge is -2.30. The van der Waals surface area contributed by atoms with Gasteiger partial charge in [-0.1, -0.05) is 18.8 Å². The van der Waals surface area contributed by atoms with Crippen LogP contribution in [-0.4, -0.2) is 25.0 Å². The number of hydrogen-bond donors (Lipinski definition) is 0. The van der Waals surface area contributed by atoms with Gasteiger partial charge in [0.1, 0.15) is 5.78 Å². The van der Waals surface area contributed by atoms with Crippen LogP contribution in [0.25, 0.3) is 0 Å². The average Bonchev–Trinajstić information content (AvgIpc) is 2.53. The molecular formula is C17H27O4-. The van der Waals surface area contributed by atoms with E-state index >= 15 is 0 Å². The van der Waals surface area contributed by atoms with E-state index in [1.165, 1.54) is 0 Å². The molecule has 4 heteroatoms. The van der Waals surface area contributed by atoms with Crippen molar-refractivity contribution in [1.29, 1.82) is 0 Å². The molecule has 4 nitrogen and oxygen atoms in total. The third-order valence-electron chi connectivity index (χ3n) is 5.30. The van der Waals surface area contributed by atoms with Gasteiger partial charge in [-0.25, -0.2) is 0 Å². The van der Waals surface area contributed by atoms with Crippen molar-refractivity contribution in [2.75, 3.05) is 13.2 Å². The smallest absolute Gasteiger partial charge is 0.308 e. The first-order chi connectivity index (χ1) is 10.1. The van der Waals surface area contributed by atoms with Gasteiger partial charge in [0.15, 0.2) is 0 Å². The van der Waals surface area contributed by atoms with Gasteiger partial charge in [-0.3, -0.25) is 9.59 Å². The SMILES string of the molecule is CC(=O)C1CCC(C(=O)OCC2CCC(C[O-])CC2)CC1. The molecule has 0 aromatic rings. The maximum absolute atomic E-state index is 12.1.